The average Bonchev–Trinajstić information content (AvgIpc) is 2.76. The first kappa shape index (κ1) is 13.2. The van der Waals surface area contributed by atoms with Crippen molar-refractivity contribution in [1.29, 1.82) is 0 Å². The highest BCUT2D eigenvalue weighted by molar-refractivity contribution is 7.99. The normalized spacial score (nSPS) is 24.2. The minimum absolute atomic E-state index is 0.219. The Morgan fingerprint density at radius 1 is 1.47 bits per heavy atom. The smallest absolute Gasteiger partial charge is 0.129 e. The Morgan fingerprint density at radius 2 is 2.29 bits per heavy atom. The van der Waals surface area contributed by atoms with Gasteiger partial charge in [0.05, 0.1) is 0 Å². The van der Waals surface area contributed by atoms with Crippen LogP contribution in [0.15, 0.2) is 18.2 Å². The molecule has 0 radical (unpaired) electrons. The second-order valence-corrected chi connectivity index (χ2v) is 5.88. The lowest BCUT2D eigenvalue weighted by Gasteiger charge is -2.19. The minimum Gasteiger partial charge on any atom is -0.309 e. The van der Waals surface area contributed by atoms with Crippen molar-refractivity contribution in [3.63, 3.8) is 0 Å². The second-order valence-electron chi connectivity index (χ2n) is 4.39. The van der Waals surface area contributed by atoms with Crippen LogP contribution < -0.4 is 5.32 Å². The molecule has 4 heteroatoms. The molecule has 0 amide bonds. The standard InChI is InChI=1S/C13H17ClFNS/c1-17-13-7-3-6-12(13)16-8-9-10(14)4-2-5-11(9)15/h2,4-5,12-13,16H,3,6-8H2,1H3. The van der Waals surface area contributed by atoms with E-state index >= 15 is 0 Å². The fourth-order valence-corrected chi connectivity index (χ4v) is 3.57. The third kappa shape index (κ3) is 3.15. The predicted octanol–water partition coefficient (Wildman–Crippen LogP) is 3.85. The predicted molar refractivity (Wildman–Crippen MR) is 73.2 cm³/mol. The van der Waals surface area contributed by atoms with Crippen molar-refractivity contribution in [2.75, 3.05) is 6.26 Å². The van der Waals surface area contributed by atoms with Gasteiger partial charge in [-0.1, -0.05) is 24.1 Å². The van der Waals surface area contributed by atoms with E-state index in [4.69, 9.17) is 11.6 Å². The molecule has 17 heavy (non-hydrogen) atoms. The van der Waals surface area contributed by atoms with E-state index in [1.165, 1.54) is 25.3 Å². The number of rotatable bonds is 4. The Labute approximate surface area is 111 Å². The van der Waals surface area contributed by atoms with E-state index in [9.17, 15) is 4.39 Å². The molecule has 0 spiro atoms. The second kappa shape index (κ2) is 6.07. The van der Waals surface area contributed by atoms with Gasteiger partial charge in [-0.25, -0.2) is 4.39 Å². The number of halogens is 2. The van der Waals surface area contributed by atoms with Crippen LogP contribution in [0.3, 0.4) is 0 Å². The molecule has 1 aromatic rings. The molecule has 0 bridgehead atoms. The Balaban J connectivity index is 1.98. The number of benzene rings is 1. The van der Waals surface area contributed by atoms with Crippen LogP contribution in [0.1, 0.15) is 24.8 Å². The highest BCUT2D eigenvalue weighted by Crippen LogP contribution is 2.29. The highest BCUT2D eigenvalue weighted by Gasteiger charge is 2.26. The maximum atomic E-state index is 13.6. The Hall–Kier alpha value is -0.250. The molecule has 2 atom stereocenters. The zero-order valence-electron chi connectivity index (χ0n) is 9.88. The van der Waals surface area contributed by atoms with Gasteiger partial charge in [0.1, 0.15) is 5.82 Å². The third-order valence-electron chi connectivity index (χ3n) is 3.36. The van der Waals surface area contributed by atoms with Crippen LogP contribution in [0.2, 0.25) is 5.02 Å². The van der Waals surface area contributed by atoms with Gasteiger partial charge in [0.2, 0.25) is 0 Å². The zero-order valence-corrected chi connectivity index (χ0v) is 11.5. The van der Waals surface area contributed by atoms with Crippen LogP contribution >= 0.6 is 23.4 Å². The summed E-state index contributed by atoms with van der Waals surface area (Å²) in [5.41, 5.74) is 0.584. The molecule has 1 N–H and O–H groups in total. The summed E-state index contributed by atoms with van der Waals surface area (Å²) in [5, 5.41) is 4.60. The van der Waals surface area contributed by atoms with E-state index in [1.807, 2.05) is 11.8 Å². The van der Waals surface area contributed by atoms with Crippen molar-refractivity contribution < 1.29 is 4.39 Å². The molecule has 1 aromatic carbocycles. The van der Waals surface area contributed by atoms with Crippen molar-refractivity contribution >= 4 is 23.4 Å². The quantitative estimate of drug-likeness (QED) is 0.894. The maximum Gasteiger partial charge on any atom is 0.129 e. The molecule has 2 unspecified atom stereocenters. The molecule has 1 saturated carbocycles. The molecular weight excluding hydrogens is 257 g/mol. The number of thioether (sulfide) groups is 1. The molecule has 0 saturated heterocycles. The van der Waals surface area contributed by atoms with Crippen molar-refractivity contribution in [2.45, 2.75) is 37.1 Å². The van der Waals surface area contributed by atoms with Gasteiger partial charge in [-0.15, -0.1) is 0 Å². The lowest BCUT2D eigenvalue weighted by molar-refractivity contribution is 0.515. The van der Waals surface area contributed by atoms with E-state index in [-0.39, 0.29) is 5.82 Å². The van der Waals surface area contributed by atoms with Gasteiger partial charge in [0.25, 0.3) is 0 Å². The van der Waals surface area contributed by atoms with Crippen molar-refractivity contribution in [1.82, 2.24) is 5.32 Å². The molecule has 1 nitrogen and oxygen atoms in total. The number of hydrogen-bond donors (Lipinski definition) is 1. The molecule has 1 aliphatic carbocycles. The van der Waals surface area contributed by atoms with Crippen LogP contribution in [-0.4, -0.2) is 17.5 Å². The molecule has 2 rings (SSSR count). The van der Waals surface area contributed by atoms with E-state index < -0.39 is 0 Å². The lowest BCUT2D eigenvalue weighted by Crippen LogP contribution is -2.33. The van der Waals surface area contributed by atoms with E-state index in [2.05, 4.69) is 11.6 Å². The van der Waals surface area contributed by atoms with Crippen LogP contribution in [0, 0.1) is 5.82 Å². The topological polar surface area (TPSA) is 12.0 Å². The van der Waals surface area contributed by atoms with Crippen LogP contribution in [0.4, 0.5) is 4.39 Å². The summed E-state index contributed by atoms with van der Waals surface area (Å²) in [6.45, 7) is 0.521. The molecule has 0 aromatic heterocycles. The third-order valence-corrected chi connectivity index (χ3v) is 4.88. The van der Waals surface area contributed by atoms with Gasteiger partial charge in [0, 0.05) is 28.4 Å². The van der Waals surface area contributed by atoms with Gasteiger partial charge in [0.15, 0.2) is 0 Å². The van der Waals surface area contributed by atoms with Crippen LogP contribution in [0.5, 0.6) is 0 Å². The molecule has 1 fully saturated rings. The summed E-state index contributed by atoms with van der Waals surface area (Å²) in [6, 6.07) is 5.33. The fraction of sp³-hybridized carbons (Fsp3) is 0.538. The summed E-state index contributed by atoms with van der Waals surface area (Å²) in [7, 11) is 0. The van der Waals surface area contributed by atoms with Crippen molar-refractivity contribution in [3.8, 4) is 0 Å². The molecular formula is C13H17ClFNS. The Bertz CT molecular complexity index is 365. The first-order valence-electron chi connectivity index (χ1n) is 5.91. The maximum absolute atomic E-state index is 13.6. The summed E-state index contributed by atoms with van der Waals surface area (Å²) in [4.78, 5) is 0. The first-order chi connectivity index (χ1) is 8.22. The van der Waals surface area contributed by atoms with Crippen LogP contribution in [0.25, 0.3) is 0 Å². The van der Waals surface area contributed by atoms with Gasteiger partial charge >= 0.3 is 0 Å². The molecule has 1 aliphatic rings. The van der Waals surface area contributed by atoms with Gasteiger partial charge < -0.3 is 5.32 Å². The van der Waals surface area contributed by atoms with E-state index in [1.54, 1.807) is 12.1 Å². The van der Waals surface area contributed by atoms with Crippen LogP contribution in [-0.2, 0) is 6.54 Å². The molecule has 0 heterocycles. The fourth-order valence-electron chi connectivity index (χ4n) is 2.38. The summed E-state index contributed by atoms with van der Waals surface area (Å²) < 4.78 is 13.6. The van der Waals surface area contributed by atoms with Crippen molar-refractivity contribution in [3.05, 3.63) is 34.6 Å². The zero-order chi connectivity index (χ0) is 12.3. The minimum atomic E-state index is -0.219. The summed E-state index contributed by atoms with van der Waals surface area (Å²) >= 11 is 7.89. The molecule has 94 valence electrons. The van der Waals surface area contributed by atoms with Gasteiger partial charge in [-0.05, 0) is 31.2 Å². The first-order valence-corrected chi connectivity index (χ1v) is 7.58. The van der Waals surface area contributed by atoms with E-state index in [0.717, 1.165) is 0 Å². The van der Waals surface area contributed by atoms with E-state index in [0.29, 0.717) is 28.4 Å². The largest absolute Gasteiger partial charge is 0.309 e. The number of nitrogens with one attached hydrogen (secondary N) is 1. The number of hydrogen-bond acceptors (Lipinski definition) is 2. The monoisotopic (exact) mass is 273 g/mol. The Kier molecular flexibility index (Phi) is 4.71. The average molecular weight is 274 g/mol. The Morgan fingerprint density at radius 3 is 3.00 bits per heavy atom. The lowest BCUT2D eigenvalue weighted by atomic mass is 10.2. The summed E-state index contributed by atoms with van der Waals surface area (Å²) in [6.07, 6.45) is 5.83. The van der Waals surface area contributed by atoms with Gasteiger partial charge in [-0.3, -0.25) is 0 Å². The van der Waals surface area contributed by atoms with Gasteiger partial charge in [-0.2, -0.15) is 11.8 Å². The highest BCUT2D eigenvalue weighted by atomic mass is 35.5. The van der Waals surface area contributed by atoms with Crippen molar-refractivity contribution in [2.24, 2.45) is 0 Å². The summed E-state index contributed by atoms with van der Waals surface area (Å²) in [5.74, 6) is -0.219. The molecule has 0 aliphatic heterocycles. The SMILES string of the molecule is CSC1CCCC1NCc1c(F)cccc1Cl.